The van der Waals surface area contributed by atoms with E-state index < -0.39 is 23.1 Å². The first kappa shape index (κ1) is 20.6. The second-order valence-electron chi connectivity index (χ2n) is 6.79. The number of fused-ring (bicyclic) bond motifs is 1. The number of nitrogens with one attached hydrogen (secondary N) is 1. The molecule has 4 nitrogen and oxygen atoms in total. The van der Waals surface area contributed by atoms with Gasteiger partial charge in [0.05, 0.1) is 11.1 Å². The highest BCUT2D eigenvalue weighted by Gasteiger charge is 2.31. The Hall–Kier alpha value is -3.09. The van der Waals surface area contributed by atoms with Gasteiger partial charge < -0.3 is 9.88 Å². The van der Waals surface area contributed by atoms with Gasteiger partial charge in [0.2, 0.25) is 5.43 Å². The molecule has 3 rings (SSSR count). The van der Waals surface area contributed by atoms with Crippen molar-refractivity contribution in [3.63, 3.8) is 0 Å². The fourth-order valence-corrected chi connectivity index (χ4v) is 3.22. The fourth-order valence-electron chi connectivity index (χ4n) is 3.22. The second-order valence-corrected chi connectivity index (χ2v) is 6.79. The molecule has 2 aromatic carbocycles. The maximum absolute atomic E-state index is 13.1. The molecule has 1 amide bonds. The highest BCUT2D eigenvalue weighted by atomic mass is 19.4. The van der Waals surface area contributed by atoms with E-state index >= 15 is 0 Å². The van der Waals surface area contributed by atoms with Crippen LogP contribution in [0.5, 0.6) is 0 Å². The molecule has 7 heteroatoms. The van der Waals surface area contributed by atoms with E-state index in [9.17, 15) is 22.8 Å². The van der Waals surface area contributed by atoms with Gasteiger partial charge in [0, 0.05) is 24.7 Å². The van der Waals surface area contributed by atoms with Gasteiger partial charge in [-0.25, -0.2) is 0 Å². The monoisotopic (exact) mass is 402 g/mol. The lowest BCUT2D eigenvalue weighted by Gasteiger charge is -2.14. The number of aromatic nitrogens is 1. The van der Waals surface area contributed by atoms with Crippen LogP contribution < -0.4 is 10.7 Å². The maximum Gasteiger partial charge on any atom is 0.416 e. The normalized spacial score (nSPS) is 11.6. The number of halogens is 3. The highest BCUT2D eigenvalue weighted by Crippen LogP contribution is 2.30. The van der Waals surface area contributed by atoms with E-state index in [2.05, 4.69) is 5.32 Å². The second kappa shape index (κ2) is 8.51. The van der Waals surface area contributed by atoms with E-state index in [1.54, 1.807) is 4.57 Å². The van der Waals surface area contributed by atoms with Crippen LogP contribution in [-0.2, 0) is 19.1 Å². The number of benzene rings is 2. The quantitative estimate of drug-likeness (QED) is 0.664. The summed E-state index contributed by atoms with van der Waals surface area (Å²) in [4.78, 5) is 25.4. The summed E-state index contributed by atoms with van der Waals surface area (Å²) in [7, 11) is 0. The minimum Gasteiger partial charge on any atom is -0.352 e. The summed E-state index contributed by atoms with van der Waals surface area (Å²) in [6.07, 6.45) is -1.85. The standard InChI is InChI=1S/C22H21F3N2O2/c1-2-12-27-14-18(21(29)26-11-10-15-6-4-3-5-7-15)20(28)17-13-16(22(23,24)25)8-9-19(17)27/h3-9,13-14H,2,10-12H2,1H3,(H,26,29). The first-order chi connectivity index (χ1) is 13.8. The zero-order chi connectivity index (χ0) is 21.0. The van der Waals surface area contributed by atoms with E-state index in [1.165, 1.54) is 12.3 Å². The lowest BCUT2D eigenvalue weighted by Crippen LogP contribution is -2.31. The first-order valence-electron chi connectivity index (χ1n) is 9.37. The number of hydrogen-bond acceptors (Lipinski definition) is 2. The molecular formula is C22H21F3N2O2. The number of hydrogen-bond donors (Lipinski definition) is 1. The molecule has 0 aliphatic heterocycles. The minimum absolute atomic E-state index is 0.107. The van der Waals surface area contributed by atoms with Crippen molar-refractivity contribution in [1.82, 2.24) is 9.88 Å². The van der Waals surface area contributed by atoms with Crippen LogP contribution in [0.2, 0.25) is 0 Å². The third-order valence-electron chi connectivity index (χ3n) is 4.66. The van der Waals surface area contributed by atoms with Crippen molar-refractivity contribution in [1.29, 1.82) is 0 Å². The Morgan fingerprint density at radius 3 is 2.48 bits per heavy atom. The molecule has 0 saturated heterocycles. The molecule has 0 saturated carbocycles. The molecule has 0 spiro atoms. The van der Waals surface area contributed by atoms with E-state index in [0.717, 1.165) is 17.7 Å². The number of alkyl halides is 3. The summed E-state index contributed by atoms with van der Waals surface area (Å²) < 4.78 is 40.9. The average molecular weight is 402 g/mol. The van der Waals surface area contributed by atoms with Gasteiger partial charge in [-0.05, 0) is 36.6 Å². The summed E-state index contributed by atoms with van der Waals surface area (Å²) in [6, 6.07) is 12.6. The van der Waals surface area contributed by atoms with E-state index in [1.807, 2.05) is 37.3 Å². The van der Waals surface area contributed by atoms with E-state index in [4.69, 9.17) is 0 Å². The summed E-state index contributed by atoms with van der Waals surface area (Å²) in [6.45, 7) is 2.71. The zero-order valence-corrected chi connectivity index (χ0v) is 15.9. The fraction of sp³-hybridized carbons (Fsp3) is 0.273. The lowest BCUT2D eigenvalue weighted by atomic mass is 10.1. The summed E-state index contributed by atoms with van der Waals surface area (Å²) >= 11 is 0. The molecule has 152 valence electrons. The van der Waals surface area contributed by atoms with Crippen LogP contribution >= 0.6 is 0 Å². The Morgan fingerprint density at radius 2 is 1.83 bits per heavy atom. The van der Waals surface area contributed by atoms with Crippen molar-refractivity contribution in [3.8, 4) is 0 Å². The van der Waals surface area contributed by atoms with Crippen molar-refractivity contribution in [2.75, 3.05) is 6.54 Å². The Morgan fingerprint density at radius 1 is 1.10 bits per heavy atom. The zero-order valence-electron chi connectivity index (χ0n) is 15.9. The molecule has 0 aliphatic rings. The molecule has 0 atom stereocenters. The summed E-state index contributed by atoms with van der Waals surface area (Å²) in [5.41, 5.74) is -0.351. The predicted molar refractivity (Wildman–Crippen MR) is 106 cm³/mol. The van der Waals surface area contributed by atoms with Crippen LogP contribution in [0.3, 0.4) is 0 Å². The Labute approximate surface area is 166 Å². The third-order valence-corrected chi connectivity index (χ3v) is 4.66. The Bertz CT molecular complexity index is 1070. The van der Waals surface area contributed by atoms with Crippen molar-refractivity contribution < 1.29 is 18.0 Å². The van der Waals surface area contributed by atoms with Crippen molar-refractivity contribution in [2.24, 2.45) is 0 Å². The Kier molecular flexibility index (Phi) is 6.06. The molecule has 3 aromatic rings. The maximum atomic E-state index is 13.1. The molecular weight excluding hydrogens is 381 g/mol. The van der Waals surface area contributed by atoms with Gasteiger partial charge in [0.1, 0.15) is 5.56 Å². The van der Waals surface area contributed by atoms with Gasteiger partial charge in [-0.3, -0.25) is 9.59 Å². The number of aryl methyl sites for hydroxylation is 1. The van der Waals surface area contributed by atoms with Gasteiger partial charge in [0.25, 0.3) is 5.91 Å². The van der Waals surface area contributed by atoms with Crippen LogP contribution in [-0.4, -0.2) is 17.0 Å². The van der Waals surface area contributed by atoms with Gasteiger partial charge in [-0.2, -0.15) is 13.2 Å². The van der Waals surface area contributed by atoms with Crippen LogP contribution in [0.25, 0.3) is 10.9 Å². The van der Waals surface area contributed by atoms with Gasteiger partial charge in [0.15, 0.2) is 0 Å². The average Bonchev–Trinajstić information content (AvgIpc) is 2.70. The number of rotatable bonds is 6. The molecule has 0 radical (unpaired) electrons. The molecule has 0 unspecified atom stereocenters. The summed E-state index contributed by atoms with van der Waals surface area (Å²) in [5.74, 6) is -0.588. The predicted octanol–water partition coefficient (Wildman–Crippen LogP) is 4.40. The molecule has 1 aromatic heterocycles. The lowest BCUT2D eigenvalue weighted by molar-refractivity contribution is -0.137. The van der Waals surface area contributed by atoms with Gasteiger partial charge in [-0.15, -0.1) is 0 Å². The smallest absolute Gasteiger partial charge is 0.352 e. The topological polar surface area (TPSA) is 51.1 Å². The van der Waals surface area contributed by atoms with Crippen molar-refractivity contribution >= 4 is 16.8 Å². The van der Waals surface area contributed by atoms with Crippen LogP contribution in [0.1, 0.15) is 34.8 Å². The molecule has 0 aliphatic carbocycles. The SMILES string of the molecule is CCCn1cc(C(=O)NCCc2ccccc2)c(=O)c2cc(C(F)(F)F)ccc21. The number of carbonyl (C=O) groups excluding carboxylic acids is 1. The van der Waals surface area contributed by atoms with Crippen molar-refractivity contribution in [2.45, 2.75) is 32.5 Å². The third kappa shape index (κ3) is 4.67. The molecule has 0 fully saturated rings. The largest absolute Gasteiger partial charge is 0.416 e. The first-order valence-corrected chi connectivity index (χ1v) is 9.37. The number of amides is 1. The van der Waals surface area contributed by atoms with Crippen LogP contribution in [0.15, 0.2) is 59.5 Å². The highest BCUT2D eigenvalue weighted by molar-refractivity contribution is 5.97. The van der Waals surface area contributed by atoms with Crippen molar-refractivity contribution in [3.05, 3.63) is 81.6 Å². The molecule has 0 bridgehead atoms. The van der Waals surface area contributed by atoms with Crippen LogP contribution in [0, 0.1) is 0 Å². The van der Waals surface area contributed by atoms with E-state index in [0.29, 0.717) is 31.4 Å². The number of carbonyl (C=O) groups is 1. The van der Waals surface area contributed by atoms with Gasteiger partial charge in [-0.1, -0.05) is 37.3 Å². The summed E-state index contributed by atoms with van der Waals surface area (Å²) in [5, 5.41) is 2.59. The minimum atomic E-state index is -4.57. The molecule has 29 heavy (non-hydrogen) atoms. The molecule has 1 N–H and O–H groups in total. The number of pyridine rings is 1. The molecule has 1 heterocycles. The van der Waals surface area contributed by atoms with Gasteiger partial charge >= 0.3 is 6.18 Å². The number of nitrogens with zero attached hydrogens (tertiary/aromatic N) is 1. The van der Waals surface area contributed by atoms with E-state index in [-0.39, 0.29) is 10.9 Å². The van der Waals surface area contributed by atoms with Crippen LogP contribution in [0.4, 0.5) is 13.2 Å². The Balaban J connectivity index is 1.94.